The second-order valence-electron chi connectivity index (χ2n) is 5.06. The van der Waals surface area contributed by atoms with E-state index in [1.807, 2.05) is 0 Å². The van der Waals surface area contributed by atoms with Crippen molar-refractivity contribution in [3.8, 4) is 5.75 Å². The van der Waals surface area contributed by atoms with Crippen molar-refractivity contribution in [1.82, 2.24) is 4.90 Å². The molecule has 0 saturated carbocycles. The number of piperidine rings is 1. The number of nitrogens with zero attached hydrogens (tertiary/aromatic N) is 1. The Morgan fingerprint density at radius 1 is 1.50 bits per heavy atom. The Balaban J connectivity index is 2.05. The van der Waals surface area contributed by atoms with E-state index in [1.165, 1.54) is 19.2 Å². The molecule has 1 fully saturated rings. The highest BCUT2D eigenvalue weighted by Gasteiger charge is 2.26. The highest BCUT2D eigenvalue weighted by molar-refractivity contribution is 5.79. The van der Waals surface area contributed by atoms with Crippen LogP contribution in [0.25, 0.3) is 0 Å². The van der Waals surface area contributed by atoms with Crippen LogP contribution < -0.4 is 4.74 Å². The Morgan fingerprint density at radius 3 is 2.95 bits per heavy atom. The van der Waals surface area contributed by atoms with E-state index in [-0.39, 0.29) is 30.7 Å². The zero-order chi connectivity index (χ0) is 14.5. The average Bonchev–Trinajstić information content (AvgIpc) is 2.47. The van der Waals surface area contributed by atoms with Gasteiger partial charge in [-0.25, -0.2) is 4.39 Å². The molecule has 1 aromatic rings. The third kappa shape index (κ3) is 3.28. The molecule has 1 N–H and O–H groups in total. The summed E-state index contributed by atoms with van der Waals surface area (Å²) in [4.78, 5) is 14.0. The van der Waals surface area contributed by atoms with E-state index < -0.39 is 5.82 Å². The topological polar surface area (TPSA) is 49.8 Å². The Bertz CT molecular complexity index is 478. The number of aliphatic hydroxyl groups excluding tert-OH is 1. The molecule has 1 aromatic carbocycles. The van der Waals surface area contributed by atoms with Crippen molar-refractivity contribution >= 4 is 5.91 Å². The van der Waals surface area contributed by atoms with E-state index in [0.717, 1.165) is 19.3 Å². The molecule has 1 aliphatic heterocycles. The van der Waals surface area contributed by atoms with Crippen LogP contribution in [-0.4, -0.2) is 42.2 Å². The monoisotopic (exact) mass is 281 g/mol. The van der Waals surface area contributed by atoms with Gasteiger partial charge in [0, 0.05) is 6.54 Å². The van der Waals surface area contributed by atoms with E-state index in [0.29, 0.717) is 12.1 Å². The molecule has 20 heavy (non-hydrogen) atoms. The number of amides is 1. The van der Waals surface area contributed by atoms with Gasteiger partial charge in [-0.15, -0.1) is 0 Å². The molecular formula is C15H20FNO3. The van der Waals surface area contributed by atoms with Crippen LogP contribution in [0.2, 0.25) is 0 Å². The number of carbonyl (C=O) groups excluding carboxylic acids is 1. The van der Waals surface area contributed by atoms with Crippen molar-refractivity contribution in [3.05, 3.63) is 29.6 Å². The van der Waals surface area contributed by atoms with E-state index in [9.17, 15) is 14.3 Å². The van der Waals surface area contributed by atoms with Gasteiger partial charge in [0.05, 0.1) is 26.2 Å². The number of aliphatic hydroxyl groups is 1. The zero-order valence-electron chi connectivity index (χ0n) is 11.6. The van der Waals surface area contributed by atoms with Crippen LogP contribution in [-0.2, 0) is 11.2 Å². The quantitative estimate of drug-likeness (QED) is 0.914. The van der Waals surface area contributed by atoms with E-state index in [4.69, 9.17) is 4.74 Å². The van der Waals surface area contributed by atoms with E-state index in [1.54, 1.807) is 11.0 Å². The Hall–Kier alpha value is -1.62. The van der Waals surface area contributed by atoms with Gasteiger partial charge in [-0.3, -0.25) is 4.79 Å². The standard InChI is InChI=1S/C15H20FNO3/c1-20-14-6-5-11(8-13(14)16)9-15(19)17-7-3-2-4-12(17)10-18/h5-6,8,12,18H,2-4,7,9-10H2,1H3. The van der Waals surface area contributed by atoms with Crippen molar-refractivity contribution in [2.45, 2.75) is 31.7 Å². The molecule has 1 heterocycles. The summed E-state index contributed by atoms with van der Waals surface area (Å²) in [5.41, 5.74) is 0.621. The van der Waals surface area contributed by atoms with E-state index in [2.05, 4.69) is 0 Å². The molecule has 110 valence electrons. The van der Waals surface area contributed by atoms with Gasteiger partial charge in [-0.05, 0) is 37.0 Å². The molecular weight excluding hydrogens is 261 g/mol. The predicted octanol–water partition coefficient (Wildman–Crippen LogP) is 1.75. The van der Waals surface area contributed by atoms with Gasteiger partial charge in [0.25, 0.3) is 0 Å². The molecule has 0 spiro atoms. The number of methoxy groups -OCH3 is 1. The predicted molar refractivity (Wildman–Crippen MR) is 73.1 cm³/mol. The minimum absolute atomic E-state index is 0.0112. The number of carbonyl (C=O) groups is 1. The third-order valence-corrected chi connectivity index (χ3v) is 3.73. The van der Waals surface area contributed by atoms with Gasteiger partial charge < -0.3 is 14.7 Å². The molecule has 4 nitrogen and oxygen atoms in total. The Kier molecular flexibility index (Phi) is 4.95. The second-order valence-corrected chi connectivity index (χ2v) is 5.06. The maximum atomic E-state index is 13.6. The Morgan fingerprint density at radius 2 is 2.30 bits per heavy atom. The van der Waals surface area contributed by atoms with E-state index >= 15 is 0 Å². The van der Waals surface area contributed by atoms with Crippen LogP contribution in [0.3, 0.4) is 0 Å². The lowest BCUT2D eigenvalue weighted by Crippen LogP contribution is -2.46. The maximum absolute atomic E-state index is 13.6. The summed E-state index contributed by atoms with van der Waals surface area (Å²) >= 11 is 0. The van der Waals surface area contributed by atoms with Crippen molar-refractivity contribution in [3.63, 3.8) is 0 Å². The number of benzene rings is 1. The molecule has 1 atom stereocenters. The molecule has 5 heteroatoms. The summed E-state index contributed by atoms with van der Waals surface area (Å²) in [5, 5.41) is 9.32. The van der Waals surface area contributed by atoms with Crippen LogP contribution in [0.1, 0.15) is 24.8 Å². The van der Waals surface area contributed by atoms with Crippen LogP contribution in [0.5, 0.6) is 5.75 Å². The number of rotatable bonds is 4. The van der Waals surface area contributed by atoms with Gasteiger partial charge in [0.1, 0.15) is 0 Å². The first kappa shape index (κ1) is 14.8. The lowest BCUT2D eigenvalue weighted by Gasteiger charge is -2.34. The zero-order valence-corrected chi connectivity index (χ0v) is 11.6. The number of hydrogen-bond donors (Lipinski definition) is 1. The first-order valence-corrected chi connectivity index (χ1v) is 6.88. The minimum Gasteiger partial charge on any atom is -0.494 e. The number of halogens is 1. The summed E-state index contributed by atoms with van der Waals surface area (Å²) in [6.45, 7) is 0.658. The van der Waals surface area contributed by atoms with Gasteiger partial charge in [-0.1, -0.05) is 6.07 Å². The fourth-order valence-electron chi connectivity index (χ4n) is 2.61. The Labute approximate surface area is 118 Å². The van der Waals surface area contributed by atoms with Gasteiger partial charge in [0.2, 0.25) is 5.91 Å². The maximum Gasteiger partial charge on any atom is 0.227 e. The summed E-state index contributed by atoms with van der Waals surface area (Å²) in [7, 11) is 1.41. The molecule has 0 aliphatic carbocycles. The van der Waals surface area contributed by atoms with Crippen molar-refractivity contribution in [1.29, 1.82) is 0 Å². The van der Waals surface area contributed by atoms with Crippen molar-refractivity contribution in [2.75, 3.05) is 20.3 Å². The highest BCUT2D eigenvalue weighted by atomic mass is 19.1. The number of hydrogen-bond acceptors (Lipinski definition) is 3. The van der Waals surface area contributed by atoms with Crippen molar-refractivity contribution < 1.29 is 19.0 Å². The van der Waals surface area contributed by atoms with Crippen LogP contribution >= 0.6 is 0 Å². The van der Waals surface area contributed by atoms with Crippen LogP contribution in [0, 0.1) is 5.82 Å². The van der Waals surface area contributed by atoms with Crippen molar-refractivity contribution in [2.24, 2.45) is 0 Å². The fraction of sp³-hybridized carbons (Fsp3) is 0.533. The van der Waals surface area contributed by atoms with Gasteiger partial charge in [-0.2, -0.15) is 0 Å². The van der Waals surface area contributed by atoms with Crippen LogP contribution in [0.4, 0.5) is 4.39 Å². The lowest BCUT2D eigenvalue weighted by atomic mass is 10.0. The average molecular weight is 281 g/mol. The molecule has 1 saturated heterocycles. The molecule has 0 bridgehead atoms. The SMILES string of the molecule is COc1ccc(CC(=O)N2CCCCC2CO)cc1F. The normalized spacial score (nSPS) is 18.9. The first-order chi connectivity index (χ1) is 9.65. The summed E-state index contributed by atoms with van der Waals surface area (Å²) < 4.78 is 18.4. The molecule has 1 aliphatic rings. The summed E-state index contributed by atoms with van der Waals surface area (Å²) in [6, 6.07) is 4.45. The molecule has 1 unspecified atom stereocenters. The fourth-order valence-corrected chi connectivity index (χ4v) is 2.61. The largest absolute Gasteiger partial charge is 0.494 e. The van der Waals surface area contributed by atoms with Gasteiger partial charge >= 0.3 is 0 Å². The minimum atomic E-state index is -0.463. The first-order valence-electron chi connectivity index (χ1n) is 6.88. The number of likely N-dealkylation sites (tertiary alicyclic amines) is 1. The second kappa shape index (κ2) is 6.70. The van der Waals surface area contributed by atoms with Gasteiger partial charge in [0.15, 0.2) is 11.6 Å². The molecule has 2 rings (SSSR count). The highest BCUT2D eigenvalue weighted by Crippen LogP contribution is 2.21. The molecule has 1 amide bonds. The smallest absolute Gasteiger partial charge is 0.227 e. The van der Waals surface area contributed by atoms with Crippen LogP contribution in [0.15, 0.2) is 18.2 Å². The number of ether oxygens (including phenoxy) is 1. The third-order valence-electron chi connectivity index (χ3n) is 3.73. The molecule has 0 radical (unpaired) electrons. The summed E-state index contributed by atoms with van der Waals surface area (Å²) in [5.74, 6) is -0.351. The molecule has 0 aromatic heterocycles. The lowest BCUT2D eigenvalue weighted by molar-refractivity contribution is -0.135. The summed E-state index contributed by atoms with van der Waals surface area (Å²) in [6.07, 6.45) is 2.97.